The van der Waals surface area contributed by atoms with Gasteiger partial charge in [0.15, 0.2) is 5.13 Å². The van der Waals surface area contributed by atoms with Gasteiger partial charge < -0.3 is 10.1 Å². The number of halogens is 1. The molecule has 0 spiro atoms. The molecule has 1 aliphatic rings. The zero-order valence-electron chi connectivity index (χ0n) is 7.96. The lowest BCUT2D eigenvalue weighted by molar-refractivity contribution is 0.110. The van der Waals surface area contributed by atoms with E-state index in [2.05, 4.69) is 5.32 Å². The Morgan fingerprint density at radius 2 is 2.50 bits per heavy atom. The zero-order chi connectivity index (χ0) is 9.80. The molecule has 0 bridgehead atoms. The first-order valence-corrected chi connectivity index (χ1v) is 5.73. The summed E-state index contributed by atoms with van der Waals surface area (Å²) in [5, 5.41) is 3.16. The molecule has 14 heavy (non-hydrogen) atoms. The van der Waals surface area contributed by atoms with Crippen molar-refractivity contribution in [3.8, 4) is 0 Å². The molecule has 1 aliphatic heterocycles. The molecule has 1 saturated heterocycles. The van der Waals surface area contributed by atoms with Crippen LogP contribution in [0.4, 0.5) is 4.39 Å². The maximum Gasteiger partial charge on any atom is 0.176 e. The molecule has 2 rings (SSSR count). The van der Waals surface area contributed by atoms with Crippen LogP contribution in [0.15, 0.2) is 12.1 Å². The van der Waals surface area contributed by atoms with E-state index in [1.54, 1.807) is 0 Å². The smallest absolute Gasteiger partial charge is 0.176 e. The zero-order valence-corrected chi connectivity index (χ0v) is 8.78. The Bertz CT molecular complexity index is 283. The highest BCUT2D eigenvalue weighted by atomic mass is 32.1. The summed E-state index contributed by atoms with van der Waals surface area (Å²) in [6, 6.07) is 3.33. The highest BCUT2D eigenvalue weighted by molar-refractivity contribution is 7.10. The molecule has 1 N–H and O–H groups in total. The van der Waals surface area contributed by atoms with Crippen molar-refractivity contribution in [1.82, 2.24) is 5.32 Å². The fraction of sp³-hybridized carbons (Fsp3) is 0.600. The topological polar surface area (TPSA) is 21.3 Å². The fourth-order valence-electron chi connectivity index (χ4n) is 1.61. The predicted octanol–water partition coefficient (Wildman–Crippen LogP) is 2.16. The van der Waals surface area contributed by atoms with Crippen LogP contribution in [0.25, 0.3) is 0 Å². The first-order valence-electron chi connectivity index (χ1n) is 4.91. The van der Waals surface area contributed by atoms with Crippen molar-refractivity contribution in [3.63, 3.8) is 0 Å². The maximum absolute atomic E-state index is 12.6. The molecule has 0 aromatic carbocycles. The van der Waals surface area contributed by atoms with Crippen LogP contribution in [0.3, 0.4) is 0 Å². The Morgan fingerprint density at radius 1 is 1.57 bits per heavy atom. The molecule has 1 atom stereocenters. The minimum Gasteiger partial charge on any atom is -0.377 e. The number of hydrogen-bond acceptors (Lipinski definition) is 3. The number of rotatable bonds is 4. The molecule has 2 nitrogen and oxygen atoms in total. The summed E-state index contributed by atoms with van der Waals surface area (Å²) in [4.78, 5) is 1.04. The van der Waals surface area contributed by atoms with Gasteiger partial charge in [0, 0.05) is 24.6 Å². The minimum atomic E-state index is -0.112. The van der Waals surface area contributed by atoms with Crippen LogP contribution in [0.2, 0.25) is 0 Å². The second-order valence-electron chi connectivity index (χ2n) is 3.47. The summed E-state index contributed by atoms with van der Waals surface area (Å²) in [6.45, 7) is 2.51. The van der Waals surface area contributed by atoms with Crippen molar-refractivity contribution in [2.75, 3.05) is 13.2 Å². The van der Waals surface area contributed by atoms with Gasteiger partial charge in [-0.05, 0) is 25.0 Å². The molecule has 0 saturated carbocycles. The van der Waals surface area contributed by atoms with Gasteiger partial charge in [-0.25, -0.2) is 0 Å². The monoisotopic (exact) mass is 215 g/mol. The standard InChI is InChI=1S/C10H14FNOS/c11-10-4-3-9(14-10)7-12-6-8-2-1-5-13-8/h3-4,8,12H,1-2,5-7H2/t8-/m1/s1. The van der Waals surface area contributed by atoms with Gasteiger partial charge in [-0.3, -0.25) is 0 Å². The van der Waals surface area contributed by atoms with Crippen molar-refractivity contribution >= 4 is 11.3 Å². The van der Waals surface area contributed by atoms with E-state index in [9.17, 15) is 4.39 Å². The Balaban J connectivity index is 1.67. The average Bonchev–Trinajstić information content (AvgIpc) is 2.77. The van der Waals surface area contributed by atoms with Crippen molar-refractivity contribution in [1.29, 1.82) is 0 Å². The van der Waals surface area contributed by atoms with Crippen LogP contribution in [-0.2, 0) is 11.3 Å². The van der Waals surface area contributed by atoms with Gasteiger partial charge in [0.1, 0.15) is 0 Å². The van der Waals surface area contributed by atoms with Gasteiger partial charge >= 0.3 is 0 Å². The van der Waals surface area contributed by atoms with Gasteiger partial charge in [-0.2, -0.15) is 4.39 Å². The highest BCUT2D eigenvalue weighted by Gasteiger charge is 2.14. The normalized spacial score (nSPS) is 21.6. The Hall–Kier alpha value is -0.450. The second-order valence-corrected chi connectivity index (χ2v) is 4.59. The minimum absolute atomic E-state index is 0.112. The van der Waals surface area contributed by atoms with Crippen molar-refractivity contribution < 1.29 is 9.13 Å². The summed E-state index contributed by atoms with van der Waals surface area (Å²) in [5.41, 5.74) is 0. The second kappa shape index (κ2) is 4.87. The van der Waals surface area contributed by atoms with E-state index in [4.69, 9.17) is 4.74 Å². The van der Waals surface area contributed by atoms with Crippen LogP contribution in [-0.4, -0.2) is 19.3 Å². The summed E-state index contributed by atoms with van der Waals surface area (Å²) >= 11 is 1.20. The lowest BCUT2D eigenvalue weighted by Crippen LogP contribution is -2.25. The molecule has 1 fully saturated rings. The quantitative estimate of drug-likeness (QED) is 0.831. The van der Waals surface area contributed by atoms with E-state index < -0.39 is 0 Å². The van der Waals surface area contributed by atoms with Crippen molar-refractivity contribution in [3.05, 3.63) is 22.1 Å². The van der Waals surface area contributed by atoms with Gasteiger partial charge in [-0.1, -0.05) is 0 Å². The van der Waals surface area contributed by atoms with Gasteiger partial charge in [0.25, 0.3) is 0 Å². The molecule has 78 valence electrons. The molecule has 1 aromatic heterocycles. The largest absolute Gasteiger partial charge is 0.377 e. The molecule has 0 aliphatic carbocycles. The Kier molecular flexibility index (Phi) is 3.50. The molecule has 2 heterocycles. The summed E-state index contributed by atoms with van der Waals surface area (Å²) in [7, 11) is 0. The fourth-order valence-corrected chi connectivity index (χ4v) is 2.31. The van der Waals surface area contributed by atoms with Gasteiger partial charge in [-0.15, -0.1) is 11.3 Å². The van der Waals surface area contributed by atoms with Crippen LogP contribution in [0.5, 0.6) is 0 Å². The van der Waals surface area contributed by atoms with Gasteiger partial charge in [0.05, 0.1) is 6.10 Å². The van der Waals surface area contributed by atoms with E-state index in [0.717, 1.165) is 31.0 Å². The number of hydrogen-bond donors (Lipinski definition) is 1. The van der Waals surface area contributed by atoms with Crippen molar-refractivity contribution in [2.45, 2.75) is 25.5 Å². The lowest BCUT2D eigenvalue weighted by Gasteiger charge is -2.09. The van der Waals surface area contributed by atoms with E-state index in [-0.39, 0.29) is 5.13 Å². The van der Waals surface area contributed by atoms with Crippen molar-refractivity contribution in [2.24, 2.45) is 0 Å². The van der Waals surface area contributed by atoms with E-state index in [0.29, 0.717) is 6.10 Å². The average molecular weight is 215 g/mol. The first kappa shape index (κ1) is 10.1. The third-order valence-corrected chi connectivity index (χ3v) is 3.20. The molecule has 0 radical (unpaired) electrons. The number of nitrogens with one attached hydrogen (secondary N) is 1. The molecule has 1 aromatic rings. The third-order valence-electron chi connectivity index (χ3n) is 2.32. The van der Waals surface area contributed by atoms with Crippen LogP contribution in [0, 0.1) is 5.13 Å². The SMILES string of the molecule is Fc1ccc(CNC[C@H]2CCCO2)s1. The number of thiophene rings is 1. The molecule has 0 amide bonds. The Morgan fingerprint density at radius 3 is 3.14 bits per heavy atom. The van der Waals surface area contributed by atoms with Crippen LogP contribution in [0.1, 0.15) is 17.7 Å². The molecular weight excluding hydrogens is 201 g/mol. The summed E-state index contributed by atoms with van der Waals surface area (Å²) in [6.07, 6.45) is 2.67. The van der Waals surface area contributed by atoms with E-state index >= 15 is 0 Å². The van der Waals surface area contributed by atoms with E-state index in [1.165, 1.54) is 23.8 Å². The van der Waals surface area contributed by atoms with E-state index in [1.807, 2.05) is 6.07 Å². The Labute approximate surface area is 87.1 Å². The third kappa shape index (κ3) is 2.77. The number of ether oxygens (including phenoxy) is 1. The lowest BCUT2D eigenvalue weighted by atomic mass is 10.2. The predicted molar refractivity (Wildman–Crippen MR) is 55.0 cm³/mol. The summed E-state index contributed by atoms with van der Waals surface area (Å²) in [5.74, 6) is 0. The molecule has 0 unspecified atom stereocenters. The summed E-state index contributed by atoms with van der Waals surface area (Å²) < 4.78 is 18.1. The van der Waals surface area contributed by atoms with Crippen LogP contribution >= 0.6 is 11.3 Å². The van der Waals surface area contributed by atoms with Crippen LogP contribution < -0.4 is 5.32 Å². The molecule has 4 heteroatoms. The van der Waals surface area contributed by atoms with Gasteiger partial charge in [0.2, 0.25) is 0 Å². The first-order chi connectivity index (χ1) is 6.84. The molecular formula is C10H14FNOS. The highest BCUT2D eigenvalue weighted by Crippen LogP contribution is 2.14. The maximum atomic E-state index is 12.6.